The highest BCUT2D eigenvalue weighted by Crippen LogP contribution is 2.08. The summed E-state index contributed by atoms with van der Waals surface area (Å²) in [5.41, 5.74) is 0.726. The van der Waals surface area contributed by atoms with Crippen LogP contribution in [0, 0.1) is 5.92 Å². The van der Waals surface area contributed by atoms with Gasteiger partial charge in [0.25, 0.3) is 0 Å². The van der Waals surface area contributed by atoms with E-state index in [0.717, 1.165) is 19.0 Å². The van der Waals surface area contributed by atoms with E-state index >= 15 is 0 Å². The van der Waals surface area contributed by atoms with Crippen molar-refractivity contribution in [3.63, 3.8) is 0 Å². The van der Waals surface area contributed by atoms with Crippen molar-refractivity contribution in [2.24, 2.45) is 5.92 Å². The fraction of sp³-hybridized carbons (Fsp3) is 0.556. The molecule has 0 saturated carbocycles. The fourth-order valence-electron chi connectivity index (χ4n) is 0.640. The summed E-state index contributed by atoms with van der Waals surface area (Å²) in [6.45, 7) is 5.34. The molecule has 1 atom stereocenters. The molecule has 0 aliphatic carbocycles. The summed E-state index contributed by atoms with van der Waals surface area (Å²) in [5.74, 6) is -0.472. The van der Waals surface area contributed by atoms with Crippen LogP contribution in [0.4, 0.5) is 0 Å². The maximum absolute atomic E-state index is 10.8. The van der Waals surface area contributed by atoms with E-state index in [4.69, 9.17) is 5.11 Å². The molecular weight excluding hydrogens is 170 g/mol. The summed E-state index contributed by atoms with van der Waals surface area (Å²) in [5, 5.41) is 9.45. The Morgan fingerprint density at radius 1 is 1.62 bits per heavy atom. The van der Waals surface area contributed by atoms with Crippen molar-refractivity contribution < 1.29 is 14.7 Å². The van der Waals surface area contributed by atoms with Crippen molar-refractivity contribution in [2.45, 2.75) is 13.3 Å². The summed E-state index contributed by atoms with van der Waals surface area (Å²) in [4.78, 5) is 21.1. The van der Waals surface area contributed by atoms with Crippen LogP contribution in [-0.4, -0.2) is 31.5 Å². The quantitative estimate of drug-likeness (QED) is 0.485. The third-order valence-electron chi connectivity index (χ3n) is 1.48. The lowest BCUT2D eigenvalue weighted by atomic mass is 10.00. The summed E-state index contributed by atoms with van der Waals surface area (Å²) in [6.07, 6.45) is 0.951. The van der Waals surface area contributed by atoms with Gasteiger partial charge in [0.1, 0.15) is 6.29 Å². The molecule has 0 bridgehead atoms. The summed E-state index contributed by atoms with van der Waals surface area (Å²) < 4.78 is 0. The number of rotatable bonds is 4. The smallest absolute Gasteiger partial charge is 0.220 e. The zero-order valence-electron chi connectivity index (χ0n) is 8.33. The zero-order chi connectivity index (χ0) is 10.9. The summed E-state index contributed by atoms with van der Waals surface area (Å²) >= 11 is 0. The number of hydrogen-bond acceptors (Lipinski definition) is 3. The Kier molecular flexibility index (Phi) is 9.87. The number of hydrogen-bond donors (Lipinski definition) is 2. The molecule has 1 unspecified atom stereocenters. The highest BCUT2D eigenvalue weighted by Gasteiger charge is 2.11. The number of allylic oxidation sites excluding steroid dienone is 1. The lowest BCUT2D eigenvalue weighted by molar-refractivity contribution is -0.123. The van der Waals surface area contributed by atoms with E-state index < -0.39 is 0 Å². The van der Waals surface area contributed by atoms with Gasteiger partial charge in [0.2, 0.25) is 5.91 Å². The molecule has 2 N–H and O–H groups in total. The molecule has 76 valence electrons. The van der Waals surface area contributed by atoms with Gasteiger partial charge in [0.15, 0.2) is 0 Å². The minimum atomic E-state index is -0.338. The second-order valence-electron chi connectivity index (χ2n) is 2.47. The molecule has 0 saturated heterocycles. The Labute approximate surface area is 78.6 Å². The molecule has 13 heavy (non-hydrogen) atoms. The van der Waals surface area contributed by atoms with Crippen molar-refractivity contribution in [2.75, 3.05) is 14.2 Å². The second kappa shape index (κ2) is 8.93. The molecule has 0 aromatic rings. The van der Waals surface area contributed by atoms with Crippen molar-refractivity contribution in [3.8, 4) is 0 Å². The number of aliphatic hydroxyl groups excluding tert-OH is 1. The Morgan fingerprint density at radius 2 is 2.08 bits per heavy atom. The highest BCUT2D eigenvalue weighted by molar-refractivity contribution is 5.79. The molecule has 0 aromatic carbocycles. The van der Waals surface area contributed by atoms with E-state index in [9.17, 15) is 9.59 Å². The largest absolute Gasteiger partial charge is 0.400 e. The van der Waals surface area contributed by atoms with E-state index in [-0.39, 0.29) is 18.2 Å². The van der Waals surface area contributed by atoms with Crippen molar-refractivity contribution in [1.82, 2.24) is 5.32 Å². The van der Waals surface area contributed by atoms with Crippen LogP contribution >= 0.6 is 0 Å². The Hall–Kier alpha value is -1.16. The van der Waals surface area contributed by atoms with E-state index in [1.165, 1.54) is 0 Å². The predicted molar refractivity (Wildman–Crippen MR) is 51.2 cm³/mol. The SMILES string of the molecule is C=C(C)C(C=O)CC(=O)NC.CO. The number of carbonyl (C=O) groups excluding carboxylic acids is 2. The third kappa shape index (κ3) is 7.21. The lowest BCUT2D eigenvalue weighted by Crippen LogP contribution is -2.22. The molecule has 0 radical (unpaired) electrons. The van der Waals surface area contributed by atoms with Crippen LogP contribution in [0.5, 0.6) is 0 Å². The molecule has 4 heteroatoms. The Morgan fingerprint density at radius 3 is 2.31 bits per heavy atom. The van der Waals surface area contributed by atoms with Gasteiger partial charge in [0.05, 0.1) is 0 Å². The predicted octanol–water partition coefficient (Wildman–Crippen LogP) is 0.122. The van der Waals surface area contributed by atoms with Crippen LogP contribution in [0.2, 0.25) is 0 Å². The average molecular weight is 187 g/mol. The molecule has 0 aliphatic rings. The van der Waals surface area contributed by atoms with Crippen LogP contribution in [-0.2, 0) is 9.59 Å². The molecule has 0 aromatic heterocycles. The molecule has 0 spiro atoms. The molecule has 1 amide bonds. The van der Waals surface area contributed by atoms with Gasteiger partial charge in [-0.15, -0.1) is 0 Å². The average Bonchev–Trinajstić information content (AvgIpc) is 2.16. The fourth-order valence-corrected chi connectivity index (χ4v) is 0.640. The zero-order valence-corrected chi connectivity index (χ0v) is 8.33. The van der Waals surface area contributed by atoms with Gasteiger partial charge >= 0.3 is 0 Å². The lowest BCUT2D eigenvalue weighted by Gasteiger charge is -2.07. The van der Waals surface area contributed by atoms with E-state index in [1.807, 2.05) is 0 Å². The molecule has 0 rings (SSSR count). The van der Waals surface area contributed by atoms with Gasteiger partial charge in [0, 0.05) is 26.5 Å². The minimum absolute atomic E-state index is 0.134. The van der Waals surface area contributed by atoms with Crippen molar-refractivity contribution in [3.05, 3.63) is 12.2 Å². The van der Waals surface area contributed by atoms with E-state index in [2.05, 4.69) is 11.9 Å². The van der Waals surface area contributed by atoms with Crippen LogP contribution in [0.25, 0.3) is 0 Å². The van der Waals surface area contributed by atoms with Crippen LogP contribution in [0.3, 0.4) is 0 Å². The number of carbonyl (C=O) groups is 2. The number of aliphatic hydroxyl groups is 1. The summed E-state index contributed by atoms with van der Waals surface area (Å²) in [7, 11) is 2.54. The first kappa shape index (κ1) is 14.4. The van der Waals surface area contributed by atoms with Gasteiger partial charge in [-0.2, -0.15) is 0 Å². The van der Waals surface area contributed by atoms with Crippen LogP contribution in [0.15, 0.2) is 12.2 Å². The van der Waals surface area contributed by atoms with Gasteiger partial charge in [-0.05, 0) is 6.92 Å². The maximum atomic E-state index is 10.8. The van der Waals surface area contributed by atoms with Gasteiger partial charge < -0.3 is 15.2 Å². The second-order valence-corrected chi connectivity index (χ2v) is 2.47. The Bertz CT molecular complexity index is 178. The third-order valence-corrected chi connectivity index (χ3v) is 1.48. The number of nitrogens with one attached hydrogen (secondary N) is 1. The number of amides is 1. The Balaban J connectivity index is 0. The topological polar surface area (TPSA) is 66.4 Å². The van der Waals surface area contributed by atoms with Crippen LogP contribution in [0.1, 0.15) is 13.3 Å². The van der Waals surface area contributed by atoms with Crippen molar-refractivity contribution in [1.29, 1.82) is 0 Å². The van der Waals surface area contributed by atoms with E-state index in [1.54, 1.807) is 14.0 Å². The molecule has 0 heterocycles. The molecular formula is C9H17NO3. The molecule has 4 nitrogen and oxygen atoms in total. The van der Waals surface area contributed by atoms with E-state index in [0.29, 0.717) is 0 Å². The first-order chi connectivity index (χ1) is 6.11. The van der Waals surface area contributed by atoms with Gasteiger partial charge in [-0.25, -0.2) is 0 Å². The van der Waals surface area contributed by atoms with Crippen molar-refractivity contribution >= 4 is 12.2 Å². The first-order valence-corrected chi connectivity index (χ1v) is 3.87. The normalized spacial score (nSPS) is 10.5. The standard InChI is InChI=1S/C8H13NO2.CH4O/c1-6(2)7(5-10)4-8(11)9-3;1-2/h5,7H,1,4H2,2-3H3,(H,9,11);2H,1H3. The van der Waals surface area contributed by atoms with Gasteiger partial charge in [-0.1, -0.05) is 12.2 Å². The first-order valence-electron chi connectivity index (χ1n) is 3.87. The molecule has 0 fully saturated rings. The van der Waals surface area contributed by atoms with Crippen LogP contribution < -0.4 is 5.32 Å². The summed E-state index contributed by atoms with van der Waals surface area (Å²) in [6, 6.07) is 0. The number of aldehydes is 1. The van der Waals surface area contributed by atoms with Gasteiger partial charge in [-0.3, -0.25) is 4.79 Å². The maximum Gasteiger partial charge on any atom is 0.220 e. The monoisotopic (exact) mass is 187 g/mol. The minimum Gasteiger partial charge on any atom is -0.400 e. The molecule has 0 aliphatic heterocycles. The highest BCUT2D eigenvalue weighted by atomic mass is 16.2.